The summed E-state index contributed by atoms with van der Waals surface area (Å²) >= 11 is 0. The number of carbonyl (C=O) groups excluding carboxylic acids is 4. The number of fused-ring (bicyclic) bond motifs is 2. The van der Waals surface area contributed by atoms with Crippen molar-refractivity contribution >= 4 is 29.4 Å². The topological polar surface area (TPSA) is 111 Å². The molecule has 3 amide bonds. The standard InChI is InChI=1S/C21H16F2N2O7/c22-21(23)31-15-8-7-12(10-16(15)32-21)24-17(26)11-30-18(27)6-3-9-25-19(28)13-4-1-2-5-14(13)20(25)29/h1-2,4-5,7-8,10H,3,6,9,11H2,(H,24,26). The Labute approximate surface area is 179 Å². The average molecular weight is 446 g/mol. The van der Waals surface area contributed by atoms with Crippen LogP contribution in [-0.4, -0.2) is 48.0 Å². The monoisotopic (exact) mass is 446 g/mol. The van der Waals surface area contributed by atoms with Crippen LogP contribution in [0.25, 0.3) is 0 Å². The molecule has 0 atom stereocenters. The third kappa shape index (κ3) is 4.36. The summed E-state index contributed by atoms with van der Waals surface area (Å²) in [6.07, 6.45) is -3.71. The number of hydrogen-bond donors (Lipinski definition) is 1. The lowest BCUT2D eigenvalue weighted by molar-refractivity contribution is -0.286. The van der Waals surface area contributed by atoms with Gasteiger partial charge in [0.1, 0.15) is 0 Å². The van der Waals surface area contributed by atoms with Gasteiger partial charge in [-0.25, -0.2) is 0 Å². The first-order valence-corrected chi connectivity index (χ1v) is 9.54. The summed E-state index contributed by atoms with van der Waals surface area (Å²) in [5, 5.41) is 2.38. The van der Waals surface area contributed by atoms with Crippen LogP contribution in [0.5, 0.6) is 11.5 Å². The van der Waals surface area contributed by atoms with Crippen LogP contribution in [0.1, 0.15) is 33.6 Å². The highest BCUT2D eigenvalue weighted by molar-refractivity contribution is 6.21. The fourth-order valence-electron chi connectivity index (χ4n) is 3.27. The van der Waals surface area contributed by atoms with Gasteiger partial charge in [-0.1, -0.05) is 12.1 Å². The van der Waals surface area contributed by atoms with E-state index in [2.05, 4.69) is 14.8 Å². The first-order valence-electron chi connectivity index (χ1n) is 9.54. The van der Waals surface area contributed by atoms with E-state index in [0.29, 0.717) is 11.1 Å². The second-order valence-corrected chi connectivity index (χ2v) is 6.95. The molecule has 166 valence electrons. The van der Waals surface area contributed by atoms with E-state index in [1.807, 2.05) is 0 Å². The zero-order valence-electron chi connectivity index (χ0n) is 16.4. The summed E-state index contributed by atoms with van der Waals surface area (Å²) in [5.74, 6) is -2.62. The highest BCUT2D eigenvalue weighted by Crippen LogP contribution is 2.42. The van der Waals surface area contributed by atoms with Crippen LogP contribution >= 0.6 is 0 Å². The largest absolute Gasteiger partial charge is 0.586 e. The van der Waals surface area contributed by atoms with Crippen molar-refractivity contribution in [3.8, 4) is 11.5 Å². The first-order chi connectivity index (χ1) is 15.2. The Morgan fingerprint density at radius 1 is 1.00 bits per heavy atom. The lowest BCUT2D eigenvalue weighted by Crippen LogP contribution is -2.31. The third-order valence-corrected chi connectivity index (χ3v) is 4.69. The first kappa shape index (κ1) is 21.2. The highest BCUT2D eigenvalue weighted by Gasteiger charge is 2.43. The Morgan fingerprint density at radius 3 is 2.34 bits per heavy atom. The predicted molar refractivity (Wildman–Crippen MR) is 103 cm³/mol. The summed E-state index contributed by atoms with van der Waals surface area (Å²) in [6.45, 7) is -0.564. The average Bonchev–Trinajstić information content (AvgIpc) is 3.19. The lowest BCUT2D eigenvalue weighted by atomic mass is 10.1. The van der Waals surface area contributed by atoms with E-state index in [4.69, 9.17) is 4.74 Å². The second kappa shape index (κ2) is 8.25. The molecule has 0 unspecified atom stereocenters. The molecule has 2 aliphatic rings. The van der Waals surface area contributed by atoms with Crippen LogP contribution in [-0.2, 0) is 14.3 Å². The van der Waals surface area contributed by atoms with E-state index in [-0.39, 0.29) is 36.6 Å². The van der Waals surface area contributed by atoms with E-state index in [1.54, 1.807) is 24.3 Å². The summed E-state index contributed by atoms with van der Waals surface area (Å²) in [5.41, 5.74) is 0.796. The number of benzene rings is 2. The van der Waals surface area contributed by atoms with Gasteiger partial charge in [-0.05, 0) is 30.7 Å². The maximum atomic E-state index is 13.0. The van der Waals surface area contributed by atoms with Gasteiger partial charge in [0, 0.05) is 24.7 Å². The van der Waals surface area contributed by atoms with Gasteiger partial charge in [-0.3, -0.25) is 24.1 Å². The van der Waals surface area contributed by atoms with Crippen LogP contribution in [0.4, 0.5) is 14.5 Å². The van der Waals surface area contributed by atoms with Crippen molar-refractivity contribution in [2.24, 2.45) is 0 Å². The molecule has 2 aromatic rings. The molecule has 0 fully saturated rings. The van der Waals surface area contributed by atoms with Gasteiger partial charge in [0.15, 0.2) is 18.1 Å². The number of rotatable bonds is 7. The fourth-order valence-corrected chi connectivity index (χ4v) is 3.27. The van der Waals surface area contributed by atoms with Gasteiger partial charge < -0.3 is 19.5 Å². The summed E-state index contributed by atoms with van der Waals surface area (Å²) in [7, 11) is 0. The number of halogens is 2. The minimum absolute atomic E-state index is 0.0372. The Morgan fingerprint density at radius 2 is 1.66 bits per heavy atom. The van der Waals surface area contributed by atoms with Crippen molar-refractivity contribution in [3.63, 3.8) is 0 Å². The van der Waals surface area contributed by atoms with Crippen LogP contribution in [0.15, 0.2) is 42.5 Å². The zero-order valence-corrected chi connectivity index (χ0v) is 16.4. The molecule has 11 heteroatoms. The number of anilines is 1. The molecule has 0 saturated heterocycles. The van der Waals surface area contributed by atoms with Gasteiger partial charge in [0.25, 0.3) is 17.7 Å². The van der Waals surface area contributed by atoms with Crippen molar-refractivity contribution in [1.29, 1.82) is 0 Å². The molecule has 0 saturated carbocycles. The van der Waals surface area contributed by atoms with E-state index < -0.39 is 36.6 Å². The number of nitrogens with zero attached hydrogens (tertiary/aromatic N) is 1. The van der Waals surface area contributed by atoms with Gasteiger partial charge in [0.05, 0.1) is 11.1 Å². The number of ether oxygens (including phenoxy) is 3. The number of hydrogen-bond acceptors (Lipinski definition) is 7. The third-order valence-electron chi connectivity index (χ3n) is 4.69. The normalized spacial score (nSPS) is 15.5. The molecular formula is C21H16F2N2O7. The summed E-state index contributed by atoms with van der Waals surface area (Å²) in [6, 6.07) is 10.1. The Hall–Kier alpha value is -4.02. The number of imide groups is 1. The van der Waals surface area contributed by atoms with Crippen LogP contribution in [0, 0.1) is 0 Å². The molecule has 9 nitrogen and oxygen atoms in total. The minimum atomic E-state index is -3.77. The number of carbonyl (C=O) groups is 4. The van der Waals surface area contributed by atoms with Crippen molar-refractivity contribution in [2.45, 2.75) is 19.1 Å². The molecular weight excluding hydrogens is 430 g/mol. The molecule has 0 radical (unpaired) electrons. The Balaban J connectivity index is 1.19. The van der Waals surface area contributed by atoms with Crippen molar-refractivity contribution in [2.75, 3.05) is 18.5 Å². The number of nitrogens with one attached hydrogen (secondary N) is 1. The van der Waals surface area contributed by atoms with E-state index in [0.717, 1.165) is 11.0 Å². The van der Waals surface area contributed by atoms with Crippen molar-refractivity contribution < 1.29 is 42.2 Å². The molecule has 1 N–H and O–H groups in total. The van der Waals surface area contributed by atoms with E-state index in [9.17, 15) is 28.0 Å². The molecule has 0 bridgehead atoms. The van der Waals surface area contributed by atoms with Crippen molar-refractivity contribution in [1.82, 2.24) is 4.90 Å². The maximum absolute atomic E-state index is 13.0. The Bertz CT molecular complexity index is 1080. The summed E-state index contributed by atoms with van der Waals surface area (Å²) in [4.78, 5) is 49.4. The van der Waals surface area contributed by atoms with Crippen LogP contribution in [0.2, 0.25) is 0 Å². The lowest BCUT2D eigenvalue weighted by Gasteiger charge is -2.13. The quantitative estimate of drug-likeness (QED) is 0.514. The second-order valence-electron chi connectivity index (χ2n) is 6.95. The molecule has 2 heterocycles. The fraction of sp³-hybridized carbons (Fsp3) is 0.238. The SMILES string of the molecule is O=C(COC(=O)CCCN1C(=O)c2ccccc2C1=O)Nc1ccc2c(c1)OC(F)(F)O2. The van der Waals surface area contributed by atoms with Crippen LogP contribution in [0.3, 0.4) is 0 Å². The van der Waals surface area contributed by atoms with Gasteiger partial charge in [0.2, 0.25) is 0 Å². The maximum Gasteiger partial charge on any atom is 0.586 e. The number of alkyl halides is 2. The van der Waals surface area contributed by atoms with Gasteiger partial charge in [-0.15, -0.1) is 8.78 Å². The number of amides is 3. The minimum Gasteiger partial charge on any atom is -0.456 e. The van der Waals surface area contributed by atoms with Gasteiger partial charge in [-0.2, -0.15) is 0 Å². The molecule has 0 aromatic heterocycles. The molecule has 2 aliphatic heterocycles. The molecule has 32 heavy (non-hydrogen) atoms. The van der Waals surface area contributed by atoms with E-state index >= 15 is 0 Å². The predicted octanol–water partition coefficient (Wildman–Crippen LogP) is 2.57. The van der Waals surface area contributed by atoms with E-state index in [1.165, 1.54) is 12.1 Å². The highest BCUT2D eigenvalue weighted by atomic mass is 19.3. The number of esters is 1. The smallest absolute Gasteiger partial charge is 0.456 e. The molecule has 4 rings (SSSR count). The zero-order chi connectivity index (χ0) is 22.9. The molecule has 2 aromatic carbocycles. The Kier molecular flexibility index (Phi) is 5.47. The summed E-state index contributed by atoms with van der Waals surface area (Å²) < 4.78 is 39.5. The van der Waals surface area contributed by atoms with Crippen molar-refractivity contribution in [3.05, 3.63) is 53.6 Å². The van der Waals surface area contributed by atoms with Gasteiger partial charge >= 0.3 is 12.3 Å². The molecule has 0 aliphatic carbocycles. The molecule has 0 spiro atoms. The van der Waals surface area contributed by atoms with Crippen LogP contribution < -0.4 is 14.8 Å².